The summed E-state index contributed by atoms with van der Waals surface area (Å²) in [6.07, 6.45) is 4.85. The molecular weight excluding hydrogens is 358 g/mol. The summed E-state index contributed by atoms with van der Waals surface area (Å²) in [5.74, 6) is -2.24. The molecule has 2 aliphatic rings. The zero-order chi connectivity index (χ0) is 18.8. The van der Waals surface area contributed by atoms with E-state index in [-0.39, 0.29) is 12.4 Å². The molecule has 1 aliphatic carbocycles. The van der Waals surface area contributed by atoms with E-state index >= 15 is 0 Å². The van der Waals surface area contributed by atoms with Gasteiger partial charge in [0.25, 0.3) is 5.92 Å². The number of aromatic nitrogens is 5. The second kappa shape index (κ2) is 5.24. The molecule has 10 heteroatoms. The van der Waals surface area contributed by atoms with Crippen LogP contribution in [0.2, 0.25) is 0 Å². The van der Waals surface area contributed by atoms with Gasteiger partial charge in [0.2, 0.25) is 5.88 Å². The van der Waals surface area contributed by atoms with Gasteiger partial charge in [-0.1, -0.05) is 0 Å². The van der Waals surface area contributed by atoms with Gasteiger partial charge in [-0.05, 0) is 6.07 Å². The highest BCUT2D eigenvalue weighted by Crippen LogP contribution is 2.65. The largest absolute Gasteiger partial charge is 0.480 e. The van der Waals surface area contributed by atoms with Crippen LogP contribution in [-0.4, -0.2) is 57.8 Å². The highest BCUT2D eigenvalue weighted by Gasteiger charge is 2.76. The number of anilines is 1. The van der Waals surface area contributed by atoms with Gasteiger partial charge in [-0.3, -0.25) is 0 Å². The third kappa shape index (κ3) is 2.25. The molecule has 0 unspecified atom stereocenters. The fourth-order valence-corrected chi connectivity index (χ4v) is 3.62. The maximum absolute atomic E-state index is 13.6. The van der Waals surface area contributed by atoms with Crippen LogP contribution in [0.5, 0.6) is 11.9 Å². The first kappa shape index (κ1) is 16.2. The first-order valence-electron chi connectivity index (χ1n) is 8.39. The van der Waals surface area contributed by atoms with E-state index in [1.807, 2.05) is 11.0 Å². The van der Waals surface area contributed by atoms with E-state index in [0.717, 1.165) is 5.69 Å². The zero-order valence-electron chi connectivity index (χ0n) is 14.7. The molecule has 0 aromatic carbocycles. The Morgan fingerprint density at radius 1 is 1.15 bits per heavy atom. The summed E-state index contributed by atoms with van der Waals surface area (Å²) in [7, 11) is 2.96. The van der Waals surface area contributed by atoms with Crippen LogP contribution >= 0.6 is 0 Å². The van der Waals surface area contributed by atoms with Crippen LogP contribution in [0.1, 0.15) is 6.42 Å². The molecular formula is C17H16F2N6O2. The van der Waals surface area contributed by atoms with Crippen molar-refractivity contribution in [3.05, 3.63) is 24.7 Å². The average molecular weight is 374 g/mol. The molecule has 4 heterocycles. The van der Waals surface area contributed by atoms with Crippen molar-refractivity contribution in [1.82, 2.24) is 24.6 Å². The molecule has 0 amide bonds. The Morgan fingerprint density at radius 3 is 2.59 bits per heavy atom. The number of rotatable bonds is 4. The summed E-state index contributed by atoms with van der Waals surface area (Å²) in [6.45, 7) is 0.616. The van der Waals surface area contributed by atoms with Crippen LogP contribution in [0.25, 0.3) is 16.9 Å². The summed E-state index contributed by atoms with van der Waals surface area (Å²) in [5, 5.41) is 4.53. The van der Waals surface area contributed by atoms with E-state index in [2.05, 4.69) is 20.1 Å². The van der Waals surface area contributed by atoms with Crippen molar-refractivity contribution < 1.29 is 18.3 Å². The molecule has 5 rings (SSSR count). The molecule has 0 radical (unpaired) electrons. The number of halogens is 2. The topological polar surface area (TPSA) is 77.7 Å². The van der Waals surface area contributed by atoms with Gasteiger partial charge in [-0.15, -0.1) is 0 Å². The smallest absolute Gasteiger partial charge is 0.319 e. The molecule has 0 N–H and O–H groups in total. The van der Waals surface area contributed by atoms with Crippen molar-refractivity contribution in [3.8, 4) is 23.1 Å². The minimum Gasteiger partial charge on any atom is -0.480 e. The molecule has 1 saturated heterocycles. The molecule has 3 aromatic heterocycles. The minimum atomic E-state index is -2.56. The van der Waals surface area contributed by atoms with Crippen molar-refractivity contribution in [3.63, 3.8) is 0 Å². The number of hydrogen-bond donors (Lipinski definition) is 0. The normalized spacial score (nSPS) is 19.2. The summed E-state index contributed by atoms with van der Waals surface area (Å²) in [6, 6.07) is 1.99. The van der Waals surface area contributed by atoms with E-state index in [9.17, 15) is 8.78 Å². The summed E-state index contributed by atoms with van der Waals surface area (Å²) < 4.78 is 39.1. The molecule has 3 aromatic rings. The fraction of sp³-hybridized carbons (Fsp3) is 0.412. The Bertz CT molecular complexity index is 1050. The Kier molecular flexibility index (Phi) is 3.14. The van der Waals surface area contributed by atoms with Crippen LogP contribution in [0, 0.1) is 5.41 Å². The van der Waals surface area contributed by atoms with Gasteiger partial charge in [-0.2, -0.15) is 10.1 Å². The lowest BCUT2D eigenvalue weighted by atomic mass is 9.95. The number of hydrogen-bond acceptors (Lipinski definition) is 7. The Hall–Kier alpha value is -3.04. The summed E-state index contributed by atoms with van der Waals surface area (Å²) in [5.41, 5.74) is 1.61. The van der Waals surface area contributed by atoms with Crippen LogP contribution in [0.3, 0.4) is 0 Å². The van der Waals surface area contributed by atoms with E-state index < -0.39 is 11.3 Å². The van der Waals surface area contributed by atoms with Crippen LogP contribution in [-0.2, 0) is 0 Å². The minimum absolute atomic E-state index is 0.0424. The molecule has 1 saturated carbocycles. The van der Waals surface area contributed by atoms with E-state index in [0.29, 0.717) is 35.9 Å². The molecule has 27 heavy (non-hydrogen) atoms. The lowest BCUT2D eigenvalue weighted by Gasteiger charge is -2.41. The highest BCUT2D eigenvalue weighted by atomic mass is 19.3. The van der Waals surface area contributed by atoms with Crippen LogP contribution in [0.15, 0.2) is 24.7 Å². The van der Waals surface area contributed by atoms with Crippen molar-refractivity contribution in [2.24, 2.45) is 5.41 Å². The van der Waals surface area contributed by atoms with E-state index in [4.69, 9.17) is 9.47 Å². The quantitative estimate of drug-likeness (QED) is 0.692. The van der Waals surface area contributed by atoms with Crippen molar-refractivity contribution in [1.29, 1.82) is 0 Å². The first-order valence-corrected chi connectivity index (χ1v) is 8.39. The number of imidazole rings is 1. The van der Waals surface area contributed by atoms with Crippen LogP contribution < -0.4 is 14.4 Å². The fourth-order valence-electron chi connectivity index (χ4n) is 3.62. The lowest BCUT2D eigenvalue weighted by Crippen LogP contribution is -2.51. The number of methoxy groups -OCH3 is 2. The van der Waals surface area contributed by atoms with Gasteiger partial charge >= 0.3 is 6.01 Å². The zero-order valence-corrected chi connectivity index (χ0v) is 14.7. The van der Waals surface area contributed by atoms with Gasteiger partial charge < -0.3 is 14.4 Å². The predicted molar refractivity (Wildman–Crippen MR) is 91.3 cm³/mol. The third-order valence-corrected chi connectivity index (χ3v) is 5.26. The first-order chi connectivity index (χ1) is 13.0. The molecule has 8 nitrogen and oxygen atoms in total. The Balaban J connectivity index is 1.57. The maximum Gasteiger partial charge on any atom is 0.319 e. The van der Waals surface area contributed by atoms with Gasteiger partial charge in [0.1, 0.15) is 5.69 Å². The summed E-state index contributed by atoms with van der Waals surface area (Å²) in [4.78, 5) is 14.5. The van der Waals surface area contributed by atoms with Gasteiger partial charge in [-0.25, -0.2) is 23.3 Å². The monoisotopic (exact) mass is 374 g/mol. The van der Waals surface area contributed by atoms with E-state index in [1.165, 1.54) is 14.2 Å². The molecule has 0 atom stereocenters. The predicted octanol–water partition coefficient (Wildman–Crippen LogP) is 2.05. The van der Waals surface area contributed by atoms with Crippen molar-refractivity contribution in [2.75, 3.05) is 32.2 Å². The standard InChI is InChI=1S/C17H16F2N6O2/c1-26-14-10(6-21-15(22-14)27-2)11-5-12(13-20-3-4-25(13)23-11)24-8-16(9-24)7-17(16,18)19/h3-6H,7-9H2,1-2H3. The second-order valence-electron chi connectivity index (χ2n) is 6.91. The molecule has 140 valence electrons. The van der Waals surface area contributed by atoms with Crippen molar-refractivity contribution >= 4 is 11.3 Å². The maximum atomic E-state index is 13.6. The average Bonchev–Trinajstić information content (AvgIpc) is 2.99. The number of alkyl halides is 2. The number of nitrogens with zero attached hydrogens (tertiary/aromatic N) is 6. The lowest BCUT2D eigenvalue weighted by molar-refractivity contribution is 0.0520. The second-order valence-corrected chi connectivity index (χ2v) is 6.91. The summed E-state index contributed by atoms with van der Waals surface area (Å²) >= 11 is 0. The molecule has 0 bridgehead atoms. The molecule has 2 fully saturated rings. The third-order valence-electron chi connectivity index (χ3n) is 5.26. The van der Waals surface area contributed by atoms with Crippen molar-refractivity contribution in [2.45, 2.75) is 12.3 Å². The van der Waals surface area contributed by atoms with Gasteiger partial charge in [0.05, 0.1) is 30.9 Å². The van der Waals surface area contributed by atoms with Gasteiger partial charge in [0.15, 0.2) is 5.65 Å². The van der Waals surface area contributed by atoms with Gasteiger partial charge in [0, 0.05) is 38.1 Å². The number of ether oxygens (including phenoxy) is 2. The molecule has 1 spiro atoms. The van der Waals surface area contributed by atoms with E-state index in [1.54, 1.807) is 23.1 Å². The Labute approximate surface area is 152 Å². The number of fused-ring (bicyclic) bond motifs is 1. The Morgan fingerprint density at radius 2 is 1.93 bits per heavy atom. The van der Waals surface area contributed by atoms with Crippen LogP contribution in [0.4, 0.5) is 14.5 Å². The SMILES string of the molecule is COc1ncc(-c2cc(N3CC4(C3)CC4(F)F)c3nccn3n2)c(OC)n1. The molecule has 1 aliphatic heterocycles. The highest BCUT2D eigenvalue weighted by molar-refractivity contribution is 5.77.